The first-order valence-corrected chi connectivity index (χ1v) is 11.1. The molecule has 1 aliphatic heterocycles. The lowest BCUT2D eigenvalue weighted by atomic mass is 9.76. The number of nitrogens with zero attached hydrogens (tertiary/aromatic N) is 2. The highest BCUT2D eigenvalue weighted by atomic mass is 19.4. The monoisotopic (exact) mass is 434 g/mol. The minimum Gasteiger partial charge on any atom is -0.376 e. The average molecular weight is 435 g/mol. The summed E-state index contributed by atoms with van der Waals surface area (Å²) in [6.45, 7) is 0.728. The zero-order chi connectivity index (χ0) is 22.2. The number of aliphatic hydroxyl groups is 1. The molecule has 0 bridgehead atoms. The molecule has 0 saturated heterocycles. The fraction of sp³-hybridized carbons (Fsp3) is 0.583. The quantitative estimate of drug-likeness (QED) is 0.690. The van der Waals surface area contributed by atoms with Crippen molar-refractivity contribution in [2.75, 3.05) is 0 Å². The van der Waals surface area contributed by atoms with Crippen molar-refractivity contribution in [2.45, 2.75) is 75.7 Å². The molecule has 0 unspecified atom stereocenters. The standard InChI is InChI=1S/C24H29F3N2O2/c1-23(31,24(25,26)27)19-8-4-17(5-9-19)22(30)29(21-12-13-21)20-10-6-16(7-11-20)18-3-2-14-28-15-18/h2,4-5,8-9,14-16,18,20-21,31H,3,6-7,10-13H2,1H3/t16?,18-,20?,23-/m0/s1. The van der Waals surface area contributed by atoms with Gasteiger partial charge < -0.3 is 10.0 Å². The third-order valence-corrected chi connectivity index (χ3v) is 7.04. The van der Waals surface area contributed by atoms with Crippen molar-refractivity contribution in [3.63, 3.8) is 0 Å². The molecule has 1 amide bonds. The van der Waals surface area contributed by atoms with Gasteiger partial charge in [-0.25, -0.2) is 0 Å². The molecule has 2 atom stereocenters. The number of carbonyl (C=O) groups is 1. The van der Waals surface area contributed by atoms with Gasteiger partial charge in [-0.05, 0) is 75.5 Å². The Hall–Kier alpha value is -2.15. The summed E-state index contributed by atoms with van der Waals surface area (Å²) in [4.78, 5) is 19.5. The lowest BCUT2D eigenvalue weighted by molar-refractivity contribution is -0.258. The summed E-state index contributed by atoms with van der Waals surface area (Å²) >= 11 is 0. The van der Waals surface area contributed by atoms with E-state index in [0.29, 0.717) is 17.4 Å². The Labute approximate surface area is 180 Å². The second kappa shape index (κ2) is 8.41. The molecule has 1 aromatic rings. The van der Waals surface area contributed by atoms with Gasteiger partial charge in [0.05, 0.1) is 0 Å². The van der Waals surface area contributed by atoms with Crippen molar-refractivity contribution >= 4 is 12.1 Å². The van der Waals surface area contributed by atoms with E-state index in [1.165, 1.54) is 24.3 Å². The van der Waals surface area contributed by atoms with Crippen molar-refractivity contribution in [1.29, 1.82) is 0 Å². The third-order valence-electron chi connectivity index (χ3n) is 7.04. The molecule has 4 nitrogen and oxygen atoms in total. The summed E-state index contributed by atoms with van der Waals surface area (Å²) in [5, 5.41) is 9.86. The number of aliphatic imine (C=N–C) groups is 1. The Morgan fingerprint density at radius 1 is 1.03 bits per heavy atom. The highest BCUT2D eigenvalue weighted by Gasteiger charge is 2.51. The van der Waals surface area contributed by atoms with E-state index < -0.39 is 11.8 Å². The molecule has 31 heavy (non-hydrogen) atoms. The zero-order valence-corrected chi connectivity index (χ0v) is 17.7. The smallest absolute Gasteiger partial charge is 0.376 e. The maximum atomic E-state index is 13.3. The van der Waals surface area contributed by atoms with Gasteiger partial charge in [0.1, 0.15) is 0 Å². The van der Waals surface area contributed by atoms with Crippen LogP contribution in [0, 0.1) is 11.8 Å². The van der Waals surface area contributed by atoms with Crippen LogP contribution in [0.1, 0.15) is 67.8 Å². The molecule has 3 aliphatic rings. The first-order valence-electron chi connectivity index (χ1n) is 11.1. The van der Waals surface area contributed by atoms with Gasteiger partial charge in [-0.15, -0.1) is 0 Å². The van der Waals surface area contributed by atoms with E-state index in [4.69, 9.17) is 0 Å². The molecule has 168 valence electrons. The number of alkyl halides is 3. The van der Waals surface area contributed by atoms with Crippen molar-refractivity contribution in [2.24, 2.45) is 16.8 Å². The van der Waals surface area contributed by atoms with Crippen LogP contribution in [-0.4, -0.2) is 40.4 Å². The van der Waals surface area contributed by atoms with E-state index >= 15 is 0 Å². The van der Waals surface area contributed by atoms with E-state index in [1.54, 1.807) is 0 Å². The van der Waals surface area contributed by atoms with Gasteiger partial charge in [-0.1, -0.05) is 18.2 Å². The van der Waals surface area contributed by atoms with Gasteiger partial charge >= 0.3 is 6.18 Å². The fourth-order valence-corrected chi connectivity index (χ4v) is 4.85. The van der Waals surface area contributed by atoms with Crippen LogP contribution in [0.25, 0.3) is 0 Å². The predicted octanol–water partition coefficient (Wildman–Crippen LogP) is 5.22. The second-order valence-electron chi connectivity index (χ2n) is 9.24. The lowest BCUT2D eigenvalue weighted by Crippen LogP contribution is -2.44. The van der Waals surface area contributed by atoms with Crippen LogP contribution in [0.4, 0.5) is 13.2 Å². The Bertz CT molecular complexity index is 849. The van der Waals surface area contributed by atoms with Crippen LogP contribution in [0.5, 0.6) is 0 Å². The molecule has 7 heteroatoms. The van der Waals surface area contributed by atoms with Gasteiger partial charge in [0.25, 0.3) is 5.91 Å². The minimum absolute atomic E-state index is 0.119. The van der Waals surface area contributed by atoms with Gasteiger partial charge in [0, 0.05) is 36.0 Å². The number of carbonyl (C=O) groups excluding carboxylic acids is 1. The number of hydrogen-bond acceptors (Lipinski definition) is 3. The average Bonchev–Trinajstić information content (AvgIpc) is 3.59. The number of benzene rings is 1. The molecule has 0 spiro atoms. The Morgan fingerprint density at radius 2 is 1.61 bits per heavy atom. The summed E-state index contributed by atoms with van der Waals surface area (Å²) in [6.07, 6.45) is 8.20. The molecule has 1 heterocycles. The summed E-state index contributed by atoms with van der Waals surface area (Å²) in [5.41, 5.74) is -2.83. The van der Waals surface area contributed by atoms with Crippen molar-refractivity contribution in [3.05, 3.63) is 47.7 Å². The number of hydrogen-bond donors (Lipinski definition) is 1. The van der Waals surface area contributed by atoms with Crippen LogP contribution in [0.15, 0.2) is 41.5 Å². The first kappa shape index (κ1) is 22.1. The minimum atomic E-state index is -4.78. The number of rotatable bonds is 5. The van der Waals surface area contributed by atoms with Crippen molar-refractivity contribution in [3.8, 4) is 0 Å². The molecule has 1 aromatic carbocycles. The number of halogens is 3. The highest BCUT2D eigenvalue weighted by molar-refractivity contribution is 5.95. The molecule has 2 saturated carbocycles. The van der Waals surface area contributed by atoms with Crippen molar-refractivity contribution in [1.82, 2.24) is 4.90 Å². The Morgan fingerprint density at radius 3 is 2.10 bits per heavy atom. The largest absolute Gasteiger partial charge is 0.421 e. The molecule has 1 N–H and O–H groups in total. The maximum absolute atomic E-state index is 13.3. The van der Waals surface area contributed by atoms with Gasteiger partial charge in [0.2, 0.25) is 0 Å². The maximum Gasteiger partial charge on any atom is 0.421 e. The first-order chi connectivity index (χ1) is 14.7. The molecule has 0 radical (unpaired) electrons. The number of allylic oxidation sites excluding steroid dienone is 1. The molecule has 2 aliphatic carbocycles. The fourth-order valence-electron chi connectivity index (χ4n) is 4.85. The number of amides is 1. The lowest BCUT2D eigenvalue weighted by Gasteiger charge is -2.39. The molecular formula is C24H29F3N2O2. The van der Waals surface area contributed by atoms with Gasteiger partial charge in [0.15, 0.2) is 5.60 Å². The highest BCUT2D eigenvalue weighted by Crippen LogP contribution is 2.40. The summed E-state index contributed by atoms with van der Waals surface area (Å²) in [5.74, 6) is 0.946. The van der Waals surface area contributed by atoms with E-state index in [2.05, 4.69) is 11.1 Å². The SMILES string of the molecule is C[C@](O)(c1ccc(C(=O)N(C2CCC([C@@H]3C=NC=CC3)CC2)C2CC2)cc1)C(F)(F)F. The molecule has 2 fully saturated rings. The van der Waals surface area contributed by atoms with Crippen LogP contribution in [0.3, 0.4) is 0 Å². The molecule has 4 rings (SSSR count). The Balaban J connectivity index is 1.44. The normalized spacial score (nSPS) is 28.2. The summed E-state index contributed by atoms with van der Waals surface area (Å²) < 4.78 is 39.3. The van der Waals surface area contributed by atoms with Crippen LogP contribution in [-0.2, 0) is 5.60 Å². The second-order valence-corrected chi connectivity index (χ2v) is 9.24. The van der Waals surface area contributed by atoms with Gasteiger partial charge in [-0.2, -0.15) is 13.2 Å². The predicted molar refractivity (Wildman–Crippen MR) is 113 cm³/mol. The zero-order valence-electron chi connectivity index (χ0n) is 17.7. The van der Waals surface area contributed by atoms with E-state index in [-0.39, 0.29) is 23.6 Å². The summed E-state index contributed by atoms with van der Waals surface area (Å²) in [7, 11) is 0. The molecular weight excluding hydrogens is 405 g/mol. The van der Waals surface area contributed by atoms with E-state index in [1.807, 2.05) is 17.3 Å². The van der Waals surface area contributed by atoms with Crippen LogP contribution < -0.4 is 0 Å². The van der Waals surface area contributed by atoms with E-state index in [9.17, 15) is 23.1 Å². The van der Waals surface area contributed by atoms with Crippen LogP contribution in [0.2, 0.25) is 0 Å². The topological polar surface area (TPSA) is 52.9 Å². The Kier molecular flexibility index (Phi) is 5.99. The third kappa shape index (κ3) is 4.56. The van der Waals surface area contributed by atoms with Crippen LogP contribution >= 0.6 is 0 Å². The summed E-state index contributed by atoms with van der Waals surface area (Å²) in [6, 6.07) is 5.63. The van der Waals surface area contributed by atoms with Gasteiger partial charge in [-0.3, -0.25) is 9.79 Å². The molecule has 0 aromatic heterocycles. The van der Waals surface area contributed by atoms with E-state index in [0.717, 1.165) is 51.9 Å². The van der Waals surface area contributed by atoms with Crippen molar-refractivity contribution < 1.29 is 23.1 Å².